The molecule has 1 N–H and O–H groups in total. The second kappa shape index (κ2) is 6.42. The molecule has 0 saturated carbocycles. The number of ether oxygens (including phenoxy) is 2. The molecule has 1 aliphatic rings. The topological polar surface area (TPSA) is 63.7 Å². The van der Waals surface area contributed by atoms with Crippen molar-refractivity contribution in [3.8, 4) is 5.75 Å². The lowest BCUT2D eigenvalue weighted by atomic mass is 10.1. The summed E-state index contributed by atoms with van der Waals surface area (Å²) in [6.07, 6.45) is -0.461. The Morgan fingerprint density at radius 3 is 3.00 bits per heavy atom. The smallest absolute Gasteiger partial charge is 0.250 e. The molecule has 0 spiro atoms. The normalized spacial score (nSPS) is 18.0. The van der Waals surface area contributed by atoms with Crippen LogP contribution in [0.25, 0.3) is 10.9 Å². The lowest BCUT2D eigenvalue weighted by molar-refractivity contribution is -0.132. The first-order chi connectivity index (χ1) is 11.1. The van der Waals surface area contributed by atoms with E-state index in [-0.39, 0.29) is 5.91 Å². The number of carbonyl (C=O) groups excluding carboxylic acids is 1. The number of aryl methyl sites for hydroxylation is 1. The summed E-state index contributed by atoms with van der Waals surface area (Å²) >= 11 is 0. The van der Waals surface area contributed by atoms with Crippen molar-refractivity contribution < 1.29 is 14.3 Å². The molecule has 0 bridgehead atoms. The molecule has 2 aromatic rings. The molecule has 1 unspecified atom stereocenters. The maximum atomic E-state index is 11.8. The molecular weight excluding hydrogens is 294 g/mol. The second-order valence-electron chi connectivity index (χ2n) is 5.60. The van der Waals surface area contributed by atoms with Crippen LogP contribution in [0.15, 0.2) is 24.3 Å². The number of aromatic nitrogens is 1. The summed E-state index contributed by atoms with van der Waals surface area (Å²) in [5.41, 5.74) is 2.04. The number of hydrogen-bond donors (Lipinski definition) is 1. The Labute approximate surface area is 135 Å². The van der Waals surface area contributed by atoms with E-state index in [1.54, 1.807) is 14.2 Å². The van der Waals surface area contributed by atoms with Crippen molar-refractivity contribution in [2.45, 2.75) is 13.0 Å². The van der Waals surface area contributed by atoms with Crippen LogP contribution in [0, 0.1) is 6.92 Å². The first-order valence-corrected chi connectivity index (χ1v) is 7.66. The van der Waals surface area contributed by atoms with E-state index in [4.69, 9.17) is 14.5 Å². The fourth-order valence-electron chi connectivity index (χ4n) is 2.83. The minimum absolute atomic E-state index is 0.103. The van der Waals surface area contributed by atoms with Gasteiger partial charge in [0, 0.05) is 25.0 Å². The molecule has 1 atom stereocenters. The summed E-state index contributed by atoms with van der Waals surface area (Å²) in [5.74, 6) is 1.54. The molecule has 1 aromatic carbocycles. The van der Waals surface area contributed by atoms with E-state index in [1.165, 1.54) is 0 Å². The molecule has 0 aliphatic carbocycles. The first-order valence-electron chi connectivity index (χ1n) is 7.66. The van der Waals surface area contributed by atoms with Gasteiger partial charge in [-0.1, -0.05) is 0 Å². The number of anilines is 1. The zero-order valence-electron chi connectivity index (χ0n) is 13.6. The number of hydrogen-bond acceptors (Lipinski definition) is 5. The van der Waals surface area contributed by atoms with Crippen LogP contribution in [-0.2, 0) is 9.53 Å². The fourth-order valence-corrected chi connectivity index (χ4v) is 2.83. The average Bonchev–Trinajstić information content (AvgIpc) is 2.60. The Hall–Kier alpha value is -2.34. The Bertz CT molecular complexity index is 732. The molecule has 1 fully saturated rings. The molecule has 6 nitrogen and oxygen atoms in total. The number of benzene rings is 1. The fraction of sp³-hybridized carbons (Fsp3) is 0.412. The van der Waals surface area contributed by atoms with E-state index < -0.39 is 6.10 Å². The third-order valence-corrected chi connectivity index (χ3v) is 4.14. The Balaban J connectivity index is 1.94. The summed E-state index contributed by atoms with van der Waals surface area (Å²) in [6.45, 7) is 3.79. The van der Waals surface area contributed by atoms with Crippen LogP contribution in [0.4, 0.5) is 5.82 Å². The number of nitrogens with one attached hydrogen (secondary N) is 1. The number of nitrogens with zero attached hydrogens (tertiary/aromatic N) is 2. The van der Waals surface area contributed by atoms with Crippen molar-refractivity contribution in [3.63, 3.8) is 0 Å². The van der Waals surface area contributed by atoms with Crippen LogP contribution < -0.4 is 15.0 Å². The lowest BCUT2D eigenvalue weighted by Gasteiger charge is -2.33. The standard InChI is InChI=1S/C17H21N3O3/c1-11-8-16(19-14-9-12(22-3)4-5-13(11)14)20-6-7-23-15(10-20)17(21)18-2/h4-5,8-9,15H,6-7,10H2,1-3H3,(H,18,21). The van der Waals surface area contributed by atoms with Crippen molar-refractivity contribution in [2.24, 2.45) is 0 Å². The maximum absolute atomic E-state index is 11.8. The molecule has 6 heteroatoms. The highest BCUT2D eigenvalue weighted by Crippen LogP contribution is 2.26. The van der Waals surface area contributed by atoms with Gasteiger partial charge < -0.3 is 19.7 Å². The van der Waals surface area contributed by atoms with Gasteiger partial charge in [-0.3, -0.25) is 4.79 Å². The Kier molecular flexibility index (Phi) is 4.34. The number of likely N-dealkylation sites (N-methyl/N-ethyl adjacent to an activating group) is 1. The highest BCUT2D eigenvalue weighted by atomic mass is 16.5. The van der Waals surface area contributed by atoms with E-state index >= 15 is 0 Å². The van der Waals surface area contributed by atoms with E-state index in [9.17, 15) is 4.79 Å². The van der Waals surface area contributed by atoms with Gasteiger partial charge in [0.2, 0.25) is 0 Å². The van der Waals surface area contributed by atoms with Crippen molar-refractivity contribution in [1.29, 1.82) is 0 Å². The van der Waals surface area contributed by atoms with Gasteiger partial charge in [-0.2, -0.15) is 0 Å². The van der Waals surface area contributed by atoms with Crippen molar-refractivity contribution in [3.05, 3.63) is 29.8 Å². The largest absolute Gasteiger partial charge is 0.497 e. The van der Waals surface area contributed by atoms with Crippen LogP contribution in [0.2, 0.25) is 0 Å². The molecule has 1 aromatic heterocycles. The number of rotatable bonds is 3. The number of amides is 1. The third-order valence-electron chi connectivity index (χ3n) is 4.14. The summed E-state index contributed by atoms with van der Waals surface area (Å²) in [6, 6.07) is 7.95. The van der Waals surface area contributed by atoms with E-state index in [1.807, 2.05) is 18.2 Å². The first kappa shape index (κ1) is 15.6. The SMILES string of the molecule is CNC(=O)C1CN(c2cc(C)c3ccc(OC)cc3n2)CCO1. The Morgan fingerprint density at radius 2 is 2.26 bits per heavy atom. The number of methoxy groups -OCH3 is 1. The van der Waals surface area contributed by atoms with Crippen molar-refractivity contribution in [1.82, 2.24) is 10.3 Å². The van der Waals surface area contributed by atoms with Gasteiger partial charge in [0.1, 0.15) is 11.6 Å². The van der Waals surface area contributed by atoms with Gasteiger partial charge in [0.05, 0.1) is 25.8 Å². The highest BCUT2D eigenvalue weighted by Gasteiger charge is 2.26. The number of morpholine rings is 1. The quantitative estimate of drug-likeness (QED) is 0.930. The molecule has 122 valence electrons. The third kappa shape index (κ3) is 3.07. The van der Waals surface area contributed by atoms with Gasteiger partial charge in [-0.15, -0.1) is 0 Å². The summed E-state index contributed by atoms with van der Waals surface area (Å²) in [7, 11) is 3.27. The van der Waals surface area contributed by atoms with Gasteiger partial charge >= 0.3 is 0 Å². The van der Waals surface area contributed by atoms with Crippen LogP contribution in [0.3, 0.4) is 0 Å². The molecule has 2 heterocycles. The zero-order valence-corrected chi connectivity index (χ0v) is 13.6. The molecule has 1 aliphatic heterocycles. The average molecular weight is 315 g/mol. The van der Waals surface area contributed by atoms with Crippen molar-refractivity contribution >= 4 is 22.6 Å². The van der Waals surface area contributed by atoms with E-state index in [2.05, 4.69) is 23.2 Å². The molecule has 0 radical (unpaired) electrons. The molecule has 1 saturated heterocycles. The predicted octanol–water partition coefficient (Wildman–Crippen LogP) is 1.50. The van der Waals surface area contributed by atoms with E-state index in [0.717, 1.165) is 34.6 Å². The van der Waals surface area contributed by atoms with Crippen molar-refractivity contribution in [2.75, 3.05) is 38.8 Å². The summed E-state index contributed by atoms with van der Waals surface area (Å²) in [5, 5.41) is 3.74. The lowest BCUT2D eigenvalue weighted by Crippen LogP contribution is -2.49. The monoisotopic (exact) mass is 315 g/mol. The Morgan fingerprint density at radius 1 is 1.43 bits per heavy atom. The minimum atomic E-state index is -0.461. The van der Waals surface area contributed by atoms with Crippen LogP contribution in [-0.4, -0.2) is 50.8 Å². The van der Waals surface area contributed by atoms with Gasteiger partial charge in [0.15, 0.2) is 6.10 Å². The van der Waals surface area contributed by atoms with Crippen LogP contribution in [0.1, 0.15) is 5.56 Å². The highest BCUT2D eigenvalue weighted by molar-refractivity contribution is 5.85. The predicted molar refractivity (Wildman–Crippen MR) is 89.1 cm³/mol. The summed E-state index contributed by atoms with van der Waals surface area (Å²) in [4.78, 5) is 18.6. The molecule has 23 heavy (non-hydrogen) atoms. The molecular formula is C17H21N3O3. The van der Waals surface area contributed by atoms with Gasteiger partial charge in [-0.25, -0.2) is 4.98 Å². The zero-order chi connectivity index (χ0) is 16.4. The number of pyridine rings is 1. The summed E-state index contributed by atoms with van der Waals surface area (Å²) < 4.78 is 10.8. The van der Waals surface area contributed by atoms with Gasteiger partial charge in [0.25, 0.3) is 5.91 Å². The second-order valence-corrected chi connectivity index (χ2v) is 5.60. The molecule has 3 rings (SSSR count). The molecule has 1 amide bonds. The van der Waals surface area contributed by atoms with Gasteiger partial charge in [-0.05, 0) is 30.7 Å². The number of carbonyl (C=O) groups is 1. The maximum Gasteiger partial charge on any atom is 0.250 e. The minimum Gasteiger partial charge on any atom is -0.497 e. The van der Waals surface area contributed by atoms with Crippen LogP contribution >= 0.6 is 0 Å². The van der Waals surface area contributed by atoms with E-state index in [0.29, 0.717) is 13.2 Å². The number of fused-ring (bicyclic) bond motifs is 1. The van der Waals surface area contributed by atoms with Crippen LogP contribution in [0.5, 0.6) is 5.75 Å².